The van der Waals surface area contributed by atoms with E-state index >= 15 is 0 Å². The van der Waals surface area contributed by atoms with Gasteiger partial charge in [-0.2, -0.15) is 0 Å². The van der Waals surface area contributed by atoms with Gasteiger partial charge in [0.25, 0.3) is 5.56 Å². The van der Waals surface area contributed by atoms with E-state index in [0.717, 1.165) is 5.56 Å². The molecular weight excluding hydrogens is 324 g/mol. The van der Waals surface area contributed by atoms with E-state index in [-0.39, 0.29) is 12.0 Å². The highest BCUT2D eigenvalue weighted by atomic mass is 16.5. The molecule has 0 saturated carbocycles. The Hall–Kier alpha value is -2.54. The Morgan fingerprint density at radius 1 is 1.32 bits per heavy atom. The molecule has 1 aliphatic carbocycles. The maximum atomic E-state index is 12.4. The number of aromatic nitrogens is 2. The van der Waals surface area contributed by atoms with Crippen molar-refractivity contribution in [1.82, 2.24) is 10.2 Å². The molecule has 3 rings (SSSR count). The lowest BCUT2D eigenvalue weighted by molar-refractivity contribution is -0.156. The second-order valence-corrected chi connectivity index (χ2v) is 6.49. The number of methoxy groups -OCH3 is 1. The Morgan fingerprint density at radius 2 is 2.00 bits per heavy atom. The molecule has 25 heavy (non-hydrogen) atoms. The summed E-state index contributed by atoms with van der Waals surface area (Å²) in [7, 11) is 1.28. The van der Waals surface area contributed by atoms with Crippen LogP contribution in [-0.2, 0) is 16.0 Å². The van der Waals surface area contributed by atoms with E-state index < -0.39 is 23.4 Å². The average molecular weight is 346 g/mol. The highest BCUT2D eigenvalue weighted by Crippen LogP contribution is 2.44. The fraction of sp³-hybridized carbons (Fsp3) is 0.444. The molecule has 1 heterocycles. The molecule has 0 bridgehead atoms. The van der Waals surface area contributed by atoms with Crippen LogP contribution in [0.15, 0.2) is 29.1 Å². The summed E-state index contributed by atoms with van der Waals surface area (Å²) in [4.78, 5) is 24.8. The van der Waals surface area contributed by atoms with Crippen LogP contribution in [0.2, 0.25) is 0 Å². The summed E-state index contributed by atoms with van der Waals surface area (Å²) in [6, 6.07) is 7.19. The van der Waals surface area contributed by atoms with E-state index in [2.05, 4.69) is 10.2 Å². The second-order valence-electron chi connectivity index (χ2n) is 6.49. The minimum Gasteiger partial charge on any atom is -0.494 e. The Morgan fingerprint density at radius 3 is 2.60 bits per heavy atom. The molecule has 3 atom stereocenters. The first kappa shape index (κ1) is 17.3. The third-order valence-corrected chi connectivity index (χ3v) is 4.75. The Kier molecular flexibility index (Phi) is 4.43. The van der Waals surface area contributed by atoms with Crippen molar-refractivity contribution in [2.75, 3.05) is 13.7 Å². The minimum atomic E-state index is -1.35. The molecule has 0 unspecified atom stereocenters. The number of carbonyl (C=O) groups excluding carboxylic acids is 1. The van der Waals surface area contributed by atoms with Gasteiger partial charge in [0.2, 0.25) is 0 Å². The van der Waals surface area contributed by atoms with Crippen molar-refractivity contribution in [2.24, 2.45) is 5.92 Å². The molecule has 0 spiro atoms. The van der Waals surface area contributed by atoms with Crippen molar-refractivity contribution >= 4 is 5.97 Å². The van der Waals surface area contributed by atoms with Gasteiger partial charge in [-0.1, -0.05) is 12.1 Å². The van der Waals surface area contributed by atoms with Crippen molar-refractivity contribution < 1.29 is 19.4 Å². The third kappa shape index (κ3) is 2.95. The average Bonchev–Trinajstić information content (AvgIpc) is 2.93. The zero-order valence-electron chi connectivity index (χ0n) is 14.5. The lowest BCUT2D eigenvalue weighted by atomic mass is 9.66. The van der Waals surface area contributed by atoms with Gasteiger partial charge < -0.3 is 19.7 Å². The van der Waals surface area contributed by atoms with Gasteiger partial charge in [-0.3, -0.25) is 14.7 Å². The Balaban J connectivity index is 2.15. The van der Waals surface area contributed by atoms with E-state index in [9.17, 15) is 14.7 Å². The summed E-state index contributed by atoms with van der Waals surface area (Å²) in [5.74, 6) is -1.35. The smallest absolute Gasteiger partial charge is 0.312 e. The minimum absolute atomic E-state index is 0.161. The molecule has 7 nitrogen and oxygen atoms in total. The third-order valence-electron chi connectivity index (χ3n) is 4.75. The molecule has 0 saturated heterocycles. The molecule has 1 aromatic heterocycles. The predicted octanol–water partition coefficient (Wildman–Crippen LogP) is 1.33. The van der Waals surface area contributed by atoms with Crippen LogP contribution >= 0.6 is 0 Å². The van der Waals surface area contributed by atoms with Crippen molar-refractivity contribution in [3.8, 4) is 5.75 Å². The van der Waals surface area contributed by atoms with E-state index in [4.69, 9.17) is 9.47 Å². The van der Waals surface area contributed by atoms with Gasteiger partial charge in [-0.15, -0.1) is 0 Å². The van der Waals surface area contributed by atoms with E-state index in [1.165, 1.54) is 7.11 Å². The Labute approximate surface area is 145 Å². The van der Waals surface area contributed by atoms with Gasteiger partial charge in [0, 0.05) is 23.6 Å². The van der Waals surface area contributed by atoms with Crippen LogP contribution < -0.4 is 10.3 Å². The van der Waals surface area contributed by atoms with Gasteiger partial charge in [-0.05, 0) is 31.5 Å². The molecule has 0 fully saturated rings. The topological polar surface area (TPSA) is 104 Å². The van der Waals surface area contributed by atoms with Crippen molar-refractivity contribution in [2.45, 2.75) is 31.8 Å². The van der Waals surface area contributed by atoms with Crippen LogP contribution in [0.4, 0.5) is 0 Å². The number of hydrogen-bond donors (Lipinski definition) is 3. The van der Waals surface area contributed by atoms with E-state index in [1.807, 2.05) is 19.1 Å². The largest absolute Gasteiger partial charge is 0.494 e. The molecule has 0 aliphatic heterocycles. The molecular formula is C18H22N2O5. The molecule has 2 aromatic rings. The number of hydrogen-bond acceptors (Lipinski definition) is 5. The summed E-state index contributed by atoms with van der Waals surface area (Å²) < 4.78 is 10.4. The molecule has 7 heteroatoms. The fourth-order valence-electron chi connectivity index (χ4n) is 3.68. The number of rotatable bonds is 4. The lowest BCUT2D eigenvalue weighted by Gasteiger charge is -2.40. The first-order chi connectivity index (χ1) is 11.9. The Bertz CT molecular complexity index is 819. The first-order valence-electron chi connectivity index (χ1n) is 8.21. The standard InChI is InChI=1S/C18H22N2O5/c1-4-25-11-7-5-10(6-8-11)13-14-12(19-20-16(14)21)9-18(2,23)15(13)17(22)24-3/h5-8,13,15,23H,4,9H2,1-3H3,(H2,19,20,21)/t13-,15-,18+/m0/s1. The molecule has 3 N–H and O–H groups in total. The molecule has 0 radical (unpaired) electrons. The zero-order chi connectivity index (χ0) is 18.2. The number of benzene rings is 1. The highest BCUT2D eigenvalue weighted by molar-refractivity contribution is 5.77. The zero-order valence-corrected chi connectivity index (χ0v) is 14.5. The van der Waals surface area contributed by atoms with Crippen molar-refractivity contribution in [3.05, 3.63) is 51.4 Å². The van der Waals surface area contributed by atoms with Crippen LogP contribution in [0.5, 0.6) is 5.75 Å². The lowest BCUT2D eigenvalue weighted by Crippen LogP contribution is -2.49. The van der Waals surface area contributed by atoms with Gasteiger partial charge >= 0.3 is 5.97 Å². The van der Waals surface area contributed by atoms with Crippen LogP contribution in [-0.4, -0.2) is 40.6 Å². The predicted molar refractivity (Wildman–Crippen MR) is 90.7 cm³/mol. The first-order valence-corrected chi connectivity index (χ1v) is 8.21. The summed E-state index contributed by atoms with van der Waals surface area (Å²) in [5.41, 5.74) is 0.165. The summed E-state index contributed by atoms with van der Waals surface area (Å²) in [5, 5.41) is 16.3. The van der Waals surface area contributed by atoms with E-state index in [1.54, 1.807) is 19.1 Å². The van der Waals surface area contributed by atoms with Crippen molar-refractivity contribution in [1.29, 1.82) is 0 Å². The number of nitrogens with one attached hydrogen (secondary N) is 2. The normalized spacial score (nSPS) is 25.3. The number of carbonyl (C=O) groups is 1. The van der Waals surface area contributed by atoms with Crippen LogP contribution in [0.3, 0.4) is 0 Å². The maximum absolute atomic E-state index is 12.4. The number of aromatic amines is 2. The quantitative estimate of drug-likeness (QED) is 0.725. The van der Waals surface area contributed by atoms with Gasteiger partial charge in [0.15, 0.2) is 0 Å². The monoisotopic (exact) mass is 346 g/mol. The number of H-pyrrole nitrogens is 2. The van der Waals surface area contributed by atoms with Gasteiger partial charge in [0.05, 0.1) is 25.2 Å². The van der Waals surface area contributed by atoms with Crippen LogP contribution in [0.1, 0.15) is 36.6 Å². The maximum Gasteiger partial charge on any atom is 0.312 e. The highest BCUT2D eigenvalue weighted by Gasteiger charge is 2.51. The number of esters is 1. The summed E-state index contributed by atoms with van der Waals surface area (Å²) in [6.45, 7) is 4.03. The summed E-state index contributed by atoms with van der Waals surface area (Å²) in [6.07, 6.45) is 0.161. The number of fused-ring (bicyclic) bond motifs is 1. The van der Waals surface area contributed by atoms with Gasteiger partial charge in [-0.25, -0.2) is 0 Å². The van der Waals surface area contributed by atoms with Crippen LogP contribution in [0.25, 0.3) is 0 Å². The molecule has 1 aliphatic rings. The molecule has 1 aromatic carbocycles. The van der Waals surface area contributed by atoms with Crippen molar-refractivity contribution in [3.63, 3.8) is 0 Å². The second kappa shape index (κ2) is 6.40. The summed E-state index contributed by atoms with van der Waals surface area (Å²) >= 11 is 0. The van der Waals surface area contributed by atoms with E-state index in [0.29, 0.717) is 23.6 Å². The number of ether oxygens (including phenoxy) is 2. The van der Waals surface area contributed by atoms with Gasteiger partial charge in [0.1, 0.15) is 5.75 Å². The fourth-order valence-corrected chi connectivity index (χ4v) is 3.68. The number of aliphatic hydroxyl groups is 1. The molecule has 134 valence electrons. The molecule has 0 amide bonds. The van der Waals surface area contributed by atoms with Crippen LogP contribution in [0, 0.1) is 5.92 Å². The SMILES string of the molecule is CCOc1ccc([C@H]2c3c([nH][nH]c3=O)C[C@@](C)(O)[C@@H]2C(=O)OC)cc1.